The van der Waals surface area contributed by atoms with Crippen LogP contribution in [0.3, 0.4) is 0 Å². The highest BCUT2D eigenvalue weighted by Gasteiger charge is 2.27. The maximum Gasteiger partial charge on any atom is 0.123 e. The van der Waals surface area contributed by atoms with Crippen LogP contribution in [0, 0.1) is 11.6 Å². The summed E-state index contributed by atoms with van der Waals surface area (Å²) in [5.41, 5.74) is 1.82. The van der Waals surface area contributed by atoms with Crippen molar-refractivity contribution in [2.75, 3.05) is 20.2 Å². The predicted octanol–water partition coefficient (Wildman–Crippen LogP) is 3.58. The molecular formula is C21H25F2NO2. The van der Waals surface area contributed by atoms with Crippen molar-refractivity contribution in [3.05, 3.63) is 65.2 Å². The van der Waals surface area contributed by atoms with E-state index in [-0.39, 0.29) is 17.7 Å². The molecule has 2 atom stereocenters. The molecule has 2 aromatic rings. The van der Waals surface area contributed by atoms with Gasteiger partial charge < -0.3 is 14.7 Å². The molecule has 3 nitrogen and oxygen atoms in total. The number of nitrogens with zero attached hydrogens (tertiary/aromatic N) is 1. The number of benzene rings is 2. The SMILES string of the molecule is CN1CC(O)CC1CCOc1ccc(F)cc1CCc1ccc(F)cc1. The van der Waals surface area contributed by atoms with E-state index in [9.17, 15) is 13.9 Å². The van der Waals surface area contributed by atoms with Crippen LogP contribution in [0.4, 0.5) is 8.78 Å². The van der Waals surface area contributed by atoms with Crippen LogP contribution in [-0.2, 0) is 12.8 Å². The summed E-state index contributed by atoms with van der Waals surface area (Å²) in [5.74, 6) is 0.144. The van der Waals surface area contributed by atoms with Crippen molar-refractivity contribution in [3.63, 3.8) is 0 Å². The van der Waals surface area contributed by atoms with Gasteiger partial charge in [0, 0.05) is 12.6 Å². The molecule has 1 aliphatic heterocycles. The molecule has 0 spiro atoms. The van der Waals surface area contributed by atoms with Gasteiger partial charge in [-0.2, -0.15) is 0 Å². The Bertz CT molecular complexity index is 720. The smallest absolute Gasteiger partial charge is 0.123 e. The summed E-state index contributed by atoms with van der Waals surface area (Å²) < 4.78 is 32.6. The predicted molar refractivity (Wildman–Crippen MR) is 97.4 cm³/mol. The molecule has 26 heavy (non-hydrogen) atoms. The minimum atomic E-state index is -0.287. The van der Waals surface area contributed by atoms with Crippen molar-refractivity contribution in [1.82, 2.24) is 4.90 Å². The Labute approximate surface area is 153 Å². The Kier molecular flexibility index (Phi) is 6.22. The quantitative estimate of drug-likeness (QED) is 0.818. The molecule has 2 unspecified atom stereocenters. The normalized spacial score (nSPS) is 20.5. The summed E-state index contributed by atoms with van der Waals surface area (Å²) in [4.78, 5) is 2.15. The van der Waals surface area contributed by atoms with Crippen LogP contribution in [0.5, 0.6) is 5.75 Å². The van der Waals surface area contributed by atoms with Gasteiger partial charge in [-0.15, -0.1) is 0 Å². The number of ether oxygens (including phenoxy) is 1. The number of aryl methyl sites for hydroxylation is 2. The second-order valence-corrected chi connectivity index (χ2v) is 7.00. The van der Waals surface area contributed by atoms with E-state index in [4.69, 9.17) is 4.74 Å². The molecule has 0 aromatic heterocycles. The zero-order valence-electron chi connectivity index (χ0n) is 15.0. The molecule has 1 aliphatic rings. The Morgan fingerprint density at radius 2 is 1.81 bits per heavy atom. The molecule has 140 valence electrons. The number of aliphatic hydroxyl groups excluding tert-OH is 1. The van der Waals surface area contributed by atoms with Gasteiger partial charge in [-0.05, 0) is 74.2 Å². The zero-order valence-corrected chi connectivity index (χ0v) is 15.0. The third-order valence-electron chi connectivity index (χ3n) is 4.99. The summed E-state index contributed by atoms with van der Waals surface area (Å²) in [6, 6.07) is 11.3. The largest absolute Gasteiger partial charge is 0.493 e. The first-order valence-corrected chi connectivity index (χ1v) is 9.05. The van der Waals surface area contributed by atoms with Gasteiger partial charge in [0.25, 0.3) is 0 Å². The molecule has 0 aliphatic carbocycles. The molecule has 3 rings (SSSR count). The van der Waals surface area contributed by atoms with Gasteiger partial charge in [0.2, 0.25) is 0 Å². The van der Waals surface area contributed by atoms with Crippen LogP contribution >= 0.6 is 0 Å². The molecule has 2 aromatic carbocycles. The van der Waals surface area contributed by atoms with E-state index in [0.717, 1.165) is 24.0 Å². The van der Waals surface area contributed by atoms with Crippen molar-refractivity contribution in [3.8, 4) is 5.75 Å². The Balaban J connectivity index is 1.57. The molecule has 1 fully saturated rings. The van der Waals surface area contributed by atoms with Crippen molar-refractivity contribution < 1.29 is 18.6 Å². The first-order valence-electron chi connectivity index (χ1n) is 9.05. The zero-order chi connectivity index (χ0) is 18.5. The summed E-state index contributed by atoms with van der Waals surface area (Å²) >= 11 is 0. The first-order chi connectivity index (χ1) is 12.5. The van der Waals surface area contributed by atoms with E-state index in [1.807, 2.05) is 7.05 Å². The lowest BCUT2D eigenvalue weighted by atomic mass is 10.0. The van der Waals surface area contributed by atoms with Crippen molar-refractivity contribution >= 4 is 0 Å². The van der Waals surface area contributed by atoms with Crippen LogP contribution in [-0.4, -0.2) is 42.4 Å². The second-order valence-electron chi connectivity index (χ2n) is 7.00. The highest BCUT2D eigenvalue weighted by atomic mass is 19.1. The van der Waals surface area contributed by atoms with E-state index in [1.165, 1.54) is 24.3 Å². The molecule has 5 heteroatoms. The molecule has 0 bridgehead atoms. The van der Waals surface area contributed by atoms with Crippen LogP contribution in [0.1, 0.15) is 24.0 Å². The van der Waals surface area contributed by atoms with Gasteiger partial charge in [0.05, 0.1) is 12.7 Å². The van der Waals surface area contributed by atoms with Gasteiger partial charge in [-0.3, -0.25) is 0 Å². The van der Waals surface area contributed by atoms with E-state index in [2.05, 4.69) is 4.90 Å². The fourth-order valence-corrected chi connectivity index (χ4v) is 3.51. The van der Waals surface area contributed by atoms with Crippen LogP contribution in [0.15, 0.2) is 42.5 Å². The van der Waals surface area contributed by atoms with Crippen molar-refractivity contribution in [2.45, 2.75) is 37.8 Å². The lowest BCUT2D eigenvalue weighted by molar-refractivity contribution is 0.182. The van der Waals surface area contributed by atoms with Crippen LogP contribution < -0.4 is 4.74 Å². The summed E-state index contributed by atoms with van der Waals surface area (Å²) in [5, 5.41) is 9.71. The van der Waals surface area contributed by atoms with Gasteiger partial charge in [0.1, 0.15) is 17.4 Å². The summed E-state index contributed by atoms with van der Waals surface area (Å²) in [7, 11) is 2.01. The van der Waals surface area contributed by atoms with Crippen LogP contribution in [0.25, 0.3) is 0 Å². The van der Waals surface area contributed by atoms with E-state index < -0.39 is 0 Å². The Hall–Kier alpha value is -1.98. The van der Waals surface area contributed by atoms with E-state index in [0.29, 0.717) is 37.8 Å². The topological polar surface area (TPSA) is 32.7 Å². The third-order valence-corrected chi connectivity index (χ3v) is 4.99. The molecule has 1 saturated heterocycles. The average Bonchev–Trinajstić information content (AvgIpc) is 2.93. The monoisotopic (exact) mass is 361 g/mol. The molecule has 1 N–H and O–H groups in total. The van der Waals surface area contributed by atoms with Crippen molar-refractivity contribution in [1.29, 1.82) is 0 Å². The molecular weight excluding hydrogens is 336 g/mol. The Morgan fingerprint density at radius 1 is 1.08 bits per heavy atom. The number of likely N-dealkylation sites (tertiary alicyclic amines) is 1. The number of β-amino-alcohol motifs (C(OH)–C–C–N with tert-alkyl or cyclic N) is 1. The summed E-state index contributed by atoms with van der Waals surface area (Å²) in [6.07, 6.45) is 2.64. The number of rotatable bonds is 7. The highest BCUT2D eigenvalue weighted by Crippen LogP contribution is 2.24. The van der Waals surface area contributed by atoms with E-state index in [1.54, 1.807) is 18.2 Å². The molecule has 1 heterocycles. The number of hydrogen-bond donors (Lipinski definition) is 1. The first kappa shape index (κ1) is 18.8. The minimum absolute atomic E-state index is 0.259. The standard InChI is InChI=1S/C21H25F2NO2/c1-24-14-20(25)13-19(24)10-11-26-21-9-8-18(23)12-16(21)5-2-15-3-6-17(22)7-4-15/h3-4,6-9,12,19-20,25H,2,5,10-11,13-14H2,1H3. The van der Waals surface area contributed by atoms with Gasteiger partial charge in [-0.1, -0.05) is 12.1 Å². The lowest BCUT2D eigenvalue weighted by Gasteiger charge is -2.19. The van der Waals surface area contributed by atoms with Gasteiger partial charge >= 0.3 is 0 Å². The fraction of sp³-hybridized carbons (Fsp3) is 0.429. The second kappa shape index (κ2) is 8.60. The fourth-order valence-electron chi connectivity index (χ4n) is 3.51. The van der Waals surface area contributed by atoms with Crippen molar-refractivity contribution in [2.24, 2.45) is 0 Å². The maximum absolute atomic E-state index is 13.6. The third kappa shape index (κ3) is 5.02. The van der Waals surface area contributed by atoms with Crippen LogP contribution in [0.2, 0.25) is 0 Å². The maximum atomic E-state index is 13.6. The number of likely N-dealkylation sites (N-methyl/N-ethyl adjacent to an activating group) is 1. The number of halogens is 2. The van der Waals surface area contributed by atoms with Gasteiger partial charge in [-0.25, -0.2) is 8.78 Å². The number of aliphatic hydroxyl groups is 1. The molecule has 0 amide bonds. The number of hydrogen-bond acceptors (Lipinski definition) is 3. The lowest BCUT2D eigenvalue weighted by Crippen LogP contribution is -2.26. The average molecular weight is 361 g/mol. The Morgan fingerprint density at radius 3 is 2.50 bits per heavy atom. The van der Waals surface area contributed by atoms with Gasteiger partial charge in [0.15, 0.2) is 0 Å². The minimum Gasteiger partial charge on any atom is -0.493 e. The highest BCUT2D eigenvalue weighted by molar-refractivity contribution is 5.35. The molecule has 0 saturated carbocycles. The summed E-state index contributed by atoms with van der Waals surface area (Å²) in [6.45, 7) is 1.22. The molecule has 0 radical (unpaired) electrons. The van der Waals surface area contributed by atoms with E-state index >= 15 is 0 Å².